The summed E-state index contributed by atoms with van der Waals surface area (Å²) in [6.45, 7) is 3.41. The Kier molecular flexibility index (Phi) is 5.88. The van der Waals surface area contributed by atoms with Crippen LogP contribution in [0.3, 0.4) is 0 Å². The lowest BCUT2D eigenvalue weighted by Gasteiger charge is -2.04. The molecule has 0 aliphatic heterocycles. The predicted molar refractivity (Wildman–Crippen MR) is 63.0 cm³/mol. The second-order valence-corrected chi connectivity index (χ2v) is 4.21. The first kappa shape index (κ1) is 13.0. The summed E-state index contributed by atoms with van der Waals surface area (Å²) in [6.07, 6.45) is 2.59. The standard InChI is InChI=1S/C11H15NO3S/c1-2-6-15-7-8-16-10-9(11(13)14)4-3-5-12-10/h3-5H,2,6-8H2,1H3,(H,13,14). The number of thioether (sulfide) groups is 1. The Labute approximate surface area is 99.0 Å². The van der Waals surface area contributed by atoms with Crippen molar-refractivity contribution in [2.24, 2.45) is 0 Å². The highest BCUT2D eigenvalue weighted by atomic mass is 32.2. The number of nitrogens with zero attached hydrogens (tertiary/aromatic N) is 1. The molecule has 0 aliphatic rings. The summed E-state index contributed by atoms with van der Waals surface area (Å²) < 4.78 is 5.31. The number of aromatic nitrogens is 1. The summed E-state index contributed by atoms with van der Waals surface area (Å²) in [6, 6.07) is 3.19. The summed E-state index contributed by atoms with van der Waals surface area (Å²) in [5.74, 6) is -0.220. The minimum Gasteiger partial charge on any atom is -0.478 e. The Balaban J connectivity index is 2.44. The maximum absolute atomic E-state index is 10.9. The van der Waals surface area contributed by atoms with Crippen LogP contribution in [-0.4, -0.2) is 35.0 Å². The number of carboxylic acid groups (broad SMARTS) is 1. The average Bonchev–Trinajstić information content (AvgIpc) is 2.29. The molecule has 0 saturated carbocycles. The van der Waals surface area contributed by atoms with Crippen LogP contribution in [0.15, 0.2) is 23.4 Å². The van der Waals surface area contributed by atoms with Crippen molar-refractivity contribution < 1.29 is 14.6 Å². The summed E-state index contributed by atoms with van der Waals surface area (Å²) >= 11 is 1.41. The van der Waals surface area contributed by atoms with Crippen LogP contribution in [-0.2, 0) is 4.74 Å². The van der Waals surface area contributed by atoms with Gasteiger partial charge in [-0.15, -0.1) is 11.8 Å². The molecule has 1 rings (SSSR count). The first-order chi connectivity index (χ1) is 7.75. The van der Waals surface area contributed by atoms with E-state index in [-0.39, 0.29) is 5.56 Å². The Morgan fingerprint density at radius 1 is 1.56 bits per heavy atom. The van der Waals surface area contributed by atoms with E-state index < -0.39 is 5.97 Å². The zero-order valence-corrected chi connectivity index (χ0v) is 10.00. The molecule has 0 spiro atoms. The highest BCUT2D eigenvalue weighted by Gasteiger charge is 2.10. The summed E-state index contributed by atoms with van der Waals surface area (Å²) in [5, 5.41) is 9.47. The fourth-order valence-corrected chi connectivity index (χ4v) is 1.95. The van der Waals surface area contributed by atoms with Crippen molar-refractivity contribution in [3.05, 3.63) is 23.9 Å². The van der Waals surface area contributed by atoms with Crippen LogP contribution < -0.4 is 0 Å². The smallest absolute Gasteiger partial charge is 0.338 e. The molecule has 0 amide bonds. The third-order valence-corrected chi connectivity index (χ3v) is 2.79. The van der Waals surface area contributed by atoms with Crippen LogP contribution in [0.2, 0.25) is 0 Å². The molecular formula is C11H15NO3S. The van der Waals surface area contributed by atoms with Gasteiger partial charge in [-0.3, -0.25) is 0 Å². The van der Waals surface area contributed by atoms with E-state index in [1.807, 2.05) is 0 Å². The van der Waals surface area contributed by atoms with Crippen molar-refractivity contribution >= 4 is 17.7 Å². The van der Waals surface area contributed by atoms with Crippen LogP contribution >= 0.6 is 11.8 Å². The van der Waals surface area contributed by atoms with Crippen molar-refractivity contribution in [1.82, 2.24) is 4.98 Å². The van der Waals surface area contributed by atoms with Crippen molar-refractivity contribution in [2.45, 2.75) is 18.4 Å². The molecule has 4 nitrogen and oxygen atoms in total. The number of hydrogen-bond acceptors (Lipinski definition) is 4. The van der Waals surface area contributed by atoms with Gasteiger partial charge in [0, 0.05) is 18.6 Å². The number of rotatable bonds is 7. The van der Waals surface area contributed by atoms with Crippen LogP contribution in [0.5, 0.6) is 0 Å². The van der Waals surface area contributed by atoms with Gasteiger partial charge in [0.15, 0.2) is 0 Å². The predicted octanol–water partition coefficient (Wildman–Crippen LogP) is 2.30. The van der Waals surface area contributed by atoms with Crippen LogP contribution in [0.4, 0.5) is 0 Å². The normalized spacial score (nSPS) is 10.3. The minimum absolute atomic E-state index is 0.253. The van der Waals surface area contributed by atoms with E-state index in [4.69, 9.17) is 9.84 Å². The summed E-state index contributed by atoms with van der Waals surface area (Å²) in [7, 11) is 0. The zero-order valence-electron chi connectivity index (χ0n) is 9.18. The van der Waals surface area contributed by atoms with E-state index >= 15 is 0 Å². The van der Waals surface area contributed by atoms with Gasteiger partial charge in [-0.25, -0.2) is 9.78 Å². The third-order valence-electron chi connectivity index (χ3n) is 1.82. The molecule has 0 aromatic carbocycles. The molecule has 1 aromatic heterocycles. The van der Waals surface area contributed by atoms with Crippen molar-refractivity contribution in [2.75, 3.05) is 19.0 Å². The average molecular weight is 241 g/mol. The fourth-order valence-electron chi connectivity index (χ4n) is 1.11. The summed E-state index contributed by atoms with van der Waals surface area (Å²) in [5.41, 5.74) is 0.253. The molecule has 0 atom stereocenters. The van der Waals surface area contributed by atoms with Crippen LogP contribution in [0, 0.1) is 0 Å². The number of carboxylic acids is 1. The van der Waals surface area contributed by atoms with Crippen molar-refractivity contribution in [3.8, 4) is 0 Å². The molecule has 1 heterocycles. The van der Waals surface area contributed by atoms with Gasteiger partial charge in [-0.05, 0) is 18.6 Å². The maximum Gasteiger partial charge on any atom is 0.338 e. The number of ether oxygens (including phenoxy) is 1. The van der Waals surface area contributed by atoms with E-state index in [0.29, 0.717) is 11.6 Å². The number of pyridine rings is 1. The molecule has 1 aromatic rings. The van der Waals surface area contributed by atoms with E-state index in [1.165, 1.54) is 11.8 Å². The lowest BCUT2D eigenvalue weighted by Crippen LogP contribution is -2.03. The van der Waals surface area contributed by atoms with Gasteiger partial charge in [-0.2, -0.15) is 0 Å². The van der Waals surface area contributed by atoms with Gasteiger partial charge < -0.3 is 9.84 Å². The lowest BCUT2D eigenvalue weighted by molar-refractivity contribution is 0.0692. The number of aromatic carboxylic acids is 1. The molecule has 16 heavy (non-hydrogen) atoms. The van der Waals surface area contributed by atoms with Gasteiger partial charge >= 0.3 is 5.97 Å². The van der Waals surface area contributed by atoms with Gasteiger partial charge in [0.05, 0.1) is 12.2 Å². The molecule has 0 fully saturated rings. The molecule has 0 unspecified atom stereocenters. The van der Waals surface area contributed by atoms with Gasteiger partial charge in [0.2, 0.25) is 0 Å². The molecule has 0 aliphatic carbocycles. The van der Waals surface area contributed by atoms with Crippen LogP contribution in [0.1, 0.15) is 23.7 Å². The molecule has 1 N–H and O–H groups in total. The monoisotopic (exact) mass is 241 g/mol. The SMILES string of the molecule is CCCOCCSc1ncccc1C(=O)O. The Morgan fingerprint density at radius 3 is 3.06 bits per heavy atom. The molecule has 0 radical (unpaired) electrons. The van der Waals surface area contributed by atoms with E-state index in [0.717, 1.165) is 18.8 Å². The molecule has 0 saturated heterocycles. The Hall–Kier alpha value is -1.07. The Morgan fingerprint density at radius 2 is 2.38 bits per heavy atom. The van der Waals surface area contributed by atoms with Crippen molar-refractivity contribution in [1.29, 1.82) is 0 Å². The largest absolute Gasteiger partial charge is 0.478 e. The van der Waals surface area contributed by atoms with Crippen LogP contribution in [0.25, 0.3) is 0 Å². The number of hydrogen-bond donors (Lipinski definition) is 1. The van der Waals surface area contributed by atoms with E-state index in [1.54, 1.807) is 18.3 Å². The molecule has 5 heteroatoms. The second-order valence-electron chi connectivity index (χ2n) is 3.12. The highest BCUT2D eigenvalue weighted by Crippen LogP contribution is 2.19. The number of carbonyl (C=O) groups is 1. The van der Waals surface area contributed by atoms with Gasteiger partial charge in [-0.1, -0.05) is 6.92 Å². The zero-order chi connectivity index (χ0) is 11.8. The first-order valence-electron chi connectivity index (χ1n) is 5.14. The third kappa shape index (κ3) is 4.20. The summed E-state index contributed by atoms with van der Waals surface area (Å²) in [4.78, 5) is 14.9. The second kappa shape index (κ2) is 7.24. The molecule has 0 bridgehead atoms. The quantitative estimate of drug-likeness (QED) is 0.586. The van der Waals surface area contributed by atoms with Crippen molar-refractivity contribution in [3.63, 3.8) is 0 Å². The maximum atomic E-state index is 10.9. The first-order valence-corrected chi connectivity index (χ1v) is 6.13. The topological polar surface area (TPSA) is 59.4 Å². The van der Waals surface area contributed by atoms with E-state index in [9.17, 15) is 4.79 Å². The van der Waals surface area contributed by atoms with Gasteiger partial charge in [0.1, 0.15) is 5.03 Å². The Bertz CT molecular complexity index is 344. The molecule has 88 valence electrons. The lowest BCUT2D eigenvalue weighted by atomic mass is 10.3. The minimum atomic E-state index is -0.940. The van der Waals surface area contributed by atoms with Gasteiger partial charge in [0.25, 0.3) is 0 Å². The van der Waals surface area contributed by atoms with E-state index in [2.05, 4.69) is 11.9 Å². The highest BCUT2D eigenvalue weighted by molar-refractivity contribution is 7.99. The fraction of sp³-hybridized carbons (Fsp3) is 0.455. The molecular weight excluding hydrogens is 226 g/mol.